The van der Waals surface area contributed by atoms with Crippen LogP contribution in [0.2, 0.25) is 0 Å². The summed E-state index contributed by atoms with van der Waals surface area (Å²) in [5.74, 6) is 1.44. The van der Waals surface area contributed by atoms with Crippen molar-refractivity contribution in [3.8, 4) is 16.3 Å². The van der Waals surface area contributed by atoms with Gasteiger partial charge < -0.3 is 15.0 Å². The van der Waals surface area contributed by atoms with E-state index in [0.717, 1.165) is 32.2 Å². The lowest BCUT2D eigenvalue weighted by Gasteiger charge is -2.38. The van der Waals surface area contributed by atoms with E-state index in [0.29, 0.717) is 24.5 Å². The van der Waals surface area contributed by atoms with Crippen LogP contribution < -0.4 is 10.1 Å². The number of aryl methyl sites for hydroxylation is 2. The molecule has 1 amide bonds. The van der Waals surface area contributed by atoms with Gasteiger partial charge >= 0.3 is 0 Å². The Hall–Kier alpha value is -3.30. The van der Waals surface area contributed by atoms with E-state index in [2.05, 4.69) is 20.3 Å². The minimum absolute atomic E-state index is 0.0281. The van der Waals surface area contributed by atoms with E-state index >= 15 is 0 Å². The van der Waals surface area contributed by atoms with Gasteiger partial charge in [-0.3, -0.25) is 4.79 Å². The molecule has 32 heavy (non-hydrogen) atoms. The van der Waals surface area contributed by atoms with Crippen LogP contribution in [0.5, 0.6) is 5.75 Å². The van der Waals surface area contributed by atoms with Crippen molar-refractivity contribution in [1.82, 2.24) is 19.9 Å². The minimum atomic E-state index is -0.0375. The number of carbonyl (C=O) groups is 1. The lowest BCUT2D eigenvalue weighted by Crippen LogP contribution is -2.56. The van der Waals surface area contributed by atoms with Gasteiger partial charge in [0, 0.05) is 11.6 Å². The number of aromatic nitrogens is 3. The monoisotopic (exact) mass is 463 g/mol. The fourth-order valence-corrected chi connectivity index (χ4v) is 5.12. The average Bonchev–Trinajstić information content (AvgIpc) is 3.36. The summed E-state index contributed by atoms with van der Waals surface area (Å²) in [6, 6.07) is 13.3. The molecule has 1 fully saturated rings. The maximum absolute atomic E-state index is 12.7. The van der Waals surface area contributed by atoms with Crippen molar-refractivity contribution in [3.63, 3.8) is 0 Å². The topological polar surface area (TPSA) is 80.2 Å². The van der Waals surface area contributed by atoms with Gasteiger partial charge in [-0.1, -0.05) is 18.2 Å². The van der Waals surface area contributed by atoms with E-state index in [1.807, 2.05) is 49.6 Å². The van der Waals surface area contributed by atoms with E-state index in [1.165, 1.54) is 11.3 Å². The van der Waals surface area contributed by atoms with Crippen LogP contribution >= 0.6 is 22.7 Å². The summed E-state index contributed by atoms with van der Waals surface area (Å²) in [6.45, 7) is 5.14. The van der Waals surface area contributed by atoms with Crippen LogP contribution in [0.1, 0.15) is 21.1 Å². The van der Waals surface area contributed by atoms with Crippen LogP contribution in [0.15, 0.2) is 54.0 Å². The molecular formula is C23H21N5O2S2. The van der Waals surface area contributed by atoms with Crippen LogP contribution in [0.4, 0.5) is 10.9 Å². The molecule has 3 aromatic heterocycles. The van der Waals surface area contributed by atoms with E-state index in [1.54, 1.807) is 34.6 Å². The largest absolute Gasteiger partial charge is 0.487 e. The van der Waals surface area contributed by atoms with Crippen LogP contribution in [0.25, 0.3) is 10.6 Å². The Balaban J connectivity index is 1.17. The number of hydrogen-bond acceptors (Lipinski definition) is 8. The molecule has 9 heteroatoms. The van der Waals surface area contributed by atoms with Gasteiger partial charge in [0.1, 0.15) is 17.7 Å². The molecule has 0 spiro atoms. The summed E-state index contributed by atoms with van der Waals surface area (Å²) >= 11 is 3.16. The number of anilines is 2. The first-order valence-corrected chi connectivity index (χ1v) is 11.9. The first-order valence-electron chi connectivity index (χ1n) is 10.2. The van der Waals surface area contributed by atoms with Crippen molar-refractivity contribution in [1.29, 1.82) is 0 Å². The zero-order valence-electron chi connectivity index (χ0n) is 17.6. The second-order valence-corrected chi connectivity index (χ2v) is 9.57. The number of thiazole rings is 2. The van der Waals surface area contributed by atoms with Gasteiger partial charge in [-0.15, -0.1) is 22.7 Å². The molecule has 1 aliphatic heterocycles. The zero-order chi connectivity index (χ0) is 22.1. The molecule has 5 rings (SSSR count). The van der Waals surface area contributed by atoms with Crippen LogP contribution in [0.3, 0.4) is 0 Å². The van der Waals surface area contributed by atoms with Gasteiger partial charge in [0.15, 0.2) is 5.13 Å². The first-order chi connectivity index (χ1) is 15.5. The lowest BCUT2D eigenvalue weighted by atomic mass is 10.1. The minimum Gasteiger partial charge on any atom is -0.487 e. The van der Waals surface area contributed by atoms with Gasteiger partial charge in [-0.05, 0) is 38.1 Å². The predicted molar refractivity (Wildman–Crippen MR) is 127 cm³/mol. The molecule has 4 heterocycles. The summed E-state index contributed by atoms with van der Waals surface area (Å²) in [7, 11) is 0. The number of amides is 1. The summed E-state index contributed by atoms with van der Waals surface area (Å²) in [5.41, 5.74) is 2.47. The molecule has 7 nitrogen and oxygen atoms in total. The highest BCUT2D eigenvalue weighted by atomic mass is 32.1. The highest BCUT2D eigenvalue weighted by Crippen LogP contribution is 2.32. The van der Waals surface area contributed by atoms with Gasteiger partial charge in [-0.25, -0.2) is 15.0 Å². The van der Waals surface area contributed by atoms with Gasteiger partial charge in [0.2, 0.25) is 0 Å². The second kappa shape index (κ2) is 8.68. The molecule has 0 atom stereocenters. The van der Waals surface area contributed by atoms with Crippen molar-refractivity contribution >= 4 is 39.5 Å². The maximum atomic E-state index is 12.7. The summed E-state index contributed by atoms with van der Waals surface area (Å²) in [6.07, 6.45) is 1.63. The Morgan fingerprint density at radius 3 is 2.62 bits per heavy atom. The SMILES string of the molecule is Cc1nc(C)c(-c2csc(Nc3ccc(C(=O)N4CC(Oc5ccccc5)C4)cn3)n2)s1. The van der Waals surface area contributed by atoms with E-state index < -0.39 is 0 Å². The maximum Gasteiger partial charge on any atom is 0.255 e. The first kappa shape index (κ1) is 20.6. The molecule has 1 aliphatic rings. The summed E-state index contributed by atoms with van der Waals surface area (Å²) < 4.78 is 5.87. The second-order valence-electron chi connectivity index (χ2n) is 7.51. The molecule has 1 N–H and O–H groups in total. The van der Waals surface area contributed by atoms with Crippen molar-refractivity contribution in [2.24, 2.45) is 0 Å². The molecule has 0 aliphatic carbocycles. The number of hydrogen-bond donors (Lipinski definition) is 1. The Kier molecular flexibility index (Phi) is 5.59. The quantitative estimate of drug-likeness (QED) is 0.437. The predicted octanol–water partition coefficient (Wildman–Crippen LogP) is 4.93. The fraction of sp³-hybridized carbons (Fsp3) is 0.217. The number of likely N-dealkylation sites (tertiary alicyclic amines) is 1. The summed E-state index contributed by atoms with van der Waals surface area (Å²) in [4.78, 5) is 29.0. The molecule has 0 bridgehead atoms. The van der Waals surface area contributed by atoms with Crippen LogP contribution in [0, 0.1) is 13.8 Å². The smallest absolute Gasteiger partial charge is 0.255 e. The number of para-hydroxylation sites is 1. The third-order valence-corrected chi connectivity index (χ3v) is 6.92. The summed E-state index contributed by atoms with van der Waals surface area (Å²) in [5, 5.41) is 7.01. The van der Waals surface area contributed by atoms with Gasteiger partial charge in [-0.2, -0.15) is 0 Å². The Morgan fingerprint density at radius 2 is 1.94 bits per heavy atom. The average molecular weight is 464 g/mol. The molecule has 1 aromatic carbocycles. The molecule has 0 radical (unpaired) electrons. The Morgan fingerprint density at radius 1 is 1.12 bits per heavy atom. The molecule has 0 unspecified atom stereocenters. The van der Waals surface area contributed by atoms with Crippen molar-refractivity contribution in [3.05, 3.63) is 70.3 Å². The van der Waals surface area contributed by atoms with Crippen molar-refractivity contribution in [2.45, 2.75) is 20.0 Å². The van der Waals surface area contributed by atoms with Crippen molar-refractivity contribution < 1.29 is 9.53 Å². The molecular weight excluding hydrogens is 442 g/mol. The Labute approximate surface area is 193 Å². The fourth-order valence-electron chi connectivity index (χ4n) is 3.46. The van der Waals surface area contributed by atoms with Gasteiger partial charge in [0.25, 0.3) is 5.91 Å². The number of rotatable bonds is 6. The van der Waals surface area contributed by atoms with E-state index in [-0.39, 0.29) is 12.0 Å². The highest BCUT2D eigenvalue weighted by Gasteiger charge is 2.32. The normalized spacial score (nSPS) is 13.6. The number of benzene rings is 1. The van der Waals surface area contributed by atoms with Gasteiger partial charge in [0.05, 0.1) is 39.9 Å². The highest BCUT2D eigenvalue weighted by molar-refractivity contribution is 7.16. The molecule has 0 saturated carbocycles. The third-order valence-electron chi connectivity index (χ3n) is 5.07. The number of ether oxygens (including phenoxy) is 1. The standard InChI is InChI=1S/C23H21N5O2S2/c1-14-21(32-15(2)25-14)19-13-31-23(26-19)27-20-9-8-16(10-24-20)22(29)28-11-18(12-28)30-17-6-4-3-5-7-17/h3-10,13,18H,11-12H2,1-2H3,(H,24,26,27). The van der Waals surface area contributed by atoms with E-state index in [9.17, 15) is 4.79 Å². The molecule has 162 valence electrons. The number of nitrogens with one attached hydrogen (secondary N) is 1. The zero-order valence-corrected chi connectivity index (χ0v) is 19.2. The number of carbonyl (C=O) groups excluding carboxylic acids is 1. The number of pyridine rings is 1. The lowest BCUT2D eigenvalue weighted by molar-refractivity contribution is 0.0177. The van der Waals surface area contributed by atoms with E-state index in [4.69, 9.17) is 4.74 Å². The van der Waals surface area contributed by atoms with Crippen LogP contribution in [-0.2, 0) is 0 Å². The molecule has 1 saturated heterocycles. The third kappa shape index (κ3) is 4.35. The number of nitrogens with zero attached hydrogens (tertiary/aromatic N) is 4. The molecule has 4 aromatic rings. The van der Waals surface area contributed by atoms with Crippen LogP contribution in [-0.4, -0.2) is 45.0 Å². The van der Waals surface area contributed by atoms with Crippen molar-refractivity contribution in [2.75, 3.05) is 18.4 Å². The Bertz CT molecular complexity index is 1230.